The number of ether oxygens (including phenoxy) is 2. The third kappa shape index (κ3) is 5.76. The molecular formula is C34H35F2N5O3. The summed E-state index contributed by atoms with van der Waals surface area (Å²) in [4.78, 5) is 27.0. The van der Waals surface area contributed by atoms with Gasteiger partial charge in [0, 0.05) is 24.7 Å². The third-order valence-electron chi connectivity index (χ3n) is 8.50. The second kappa shape index (κ2) is 11.7. The second-order valence-electron chi connectivity index (χ2n) is 12.0. The molecule has 8 nitrogen and oxygen atoms in total. The maximum Gasteiger partial charge on any atom is 0.258 e. The summed E-state index contributed by atoms with van der Waals surface area (Å²) in [5.74, 6) is -0.0213. The van der Waals surface area contributed by atoms with Crippen molar-refractivity contribution >= 4 is 23.1 Å². The highest BCUT2D eigenvalue weighted by Gasteiger charge is 2.34. The van der Waals surface area contributed by atoms with Crippen molar-refractivity contribution in [3.05, 3.63) is 89.2 Å². The van der Waals surface area contributed by atoms with E-state index in [0.29, 0.717) is 39.7 Å². The third-order valence-corrected chi connectivity index (χ3v) is 8.50. The Balaban J connectivity index is 1.33. The van der Waals surface area contributed by atoms with Crippen molar-refractivity contribution in [1.29, 1.82) is 0 Å². The van der Waals surface area contributed by atoms with Gasteiger partial charge in [0.05, 0.1) is 67.4 Å². The maximum absolute atomic E-state index is 14.9. The quantitative estimate of drug-likeness (QED) is 0.234. The molecule has 2 aromatic carbocycles. The Hall–Kier alpha value is -4.73. The van der Waals surface area contributed by atoms with Gasteiger partial charge in [-0.2, -0.15) is 0 Å². The smallest absolute Gasteiger partial charge is 0.258 e. The highest BCUT2D eigenvalue weighted by molar-refractivity contribution is 6.04. The van der Waals surface area contributed by atoms with Gasteiger partial charge >= 0.3 is 0 Å². The van der Waals surface area contributed by atoms with Crippen LogP contribution < -0.4 is 19.7 Å². The number of fused-ring (bicyclic) bond motifs is 1. The number of hydrogen-bond donors (Lipinski definition) is 1. The van der Waals surface area contributed by atoms with Gasteiger partial charge in [0.2, 0.25) is 0 Å². The molecule has 0 atom stereocenters. The zero-order chi connectivity index (χ0) is 31.0. The molecule has 10 heteroatoms. The van der Waals surface area contributed by atoms with Crippen molar-refractivity contribution in [2.75, 3.05) is 37.5 Å². The lowest BCUT2D eigenvalue weighted by Crippen LogP contribution is -2.37. The summed E-state index contributed by atoms with van der Waals surface area (Å²) in [6.07, 6.45) is 4.02. The zero-order valence-electron chi connectivity index (χ0n) is 25.3. The van der Waals surface area contributed by atoms with Crippen LogP contribution in [0.3, 0.4) is 0 Å². The lowest BCUT2D eigenvalue weighted by Gasteiger charge is -2.38. The molecule has 2 aliphatic heterocycles. The average molecular weight is 600 g/mol. The van der Waals surface area contributed by atoms with E-state index >= 15 is 0 Å². The number of nitrogens with zero attached hydrogens (tertiary/aromatic N) is 4. The first kappa shape index (κ1) is 29.3. The van der Waals surface area contributed by atoms with Crippen molar-refractivity contribution in [2.45, 2.75) is 39.8 Å². The first-order valence-electron chi connectivity index (χ1n) is 14.6. The number of rotatable bonds is 8. The Labute approximate surface area is 255 Å². The molecule has 4 heterocycles. The SMILES string of the molecule is COc1ccc(CN2Cc3nc(-c4c(F)cccc4F)cc(Nc4ccc(N5CCC(C)(C)CC5)cn4)c3C2=O)c(OC)c1. The summed E-state index contributed by atoms with van der Waals surface area (Å²) in [6, 6.07) is 14.5. The van der Waals surface area contributed by atoms with Gasteiger partial charge in [0.15, 0.2) is 0 Å². The van der Waals surface area contributed by atoms with E-state index in [9.17, 15) is 13.6 Å². The van der Waals surface area contributed by atoms with Crippen molar-refractivity contribution in [2.24, 2.45) is 5.41 Å². The fraction of sp³-hybridized carbons (Fsp3) is 0.324. The molecule has 6 rings (SSSR count). The minimum Gasteiger partial charge on any atom is -0.497 e. The Morgan fingerprint density at radius 1 is 0.955 bits per heavy atom. The van der Waals surface area contributed by atoms with Crippen LogP contribution in [-0.4, -0.2) is 48.1 Å². The van der Waals surface area contributed by atoms with E-state index in [1.165, 1.54) is 24.3 Å². The van der Waals surface area contributed by atoms with E-state index in [-0.39, 0.29) is 30.3 Å². The standard InChI is InChI=1S/C34H35F2N5O3/c1-34(2)12-14-40(15-13-34)22-9-11-30(37-18-22)39-27-17-26(31-24(35)6-5-7-25(31)36)38-28-20-41(33(42)32(27)28)19-21-8-10-23(43-3)16-29(21)44-4/h5-11,16-18H,12-15,19-20H2,1-4H3,(H,37,38,39). The summed E-state index contributed by atoms with van der Waals surface area (Å²) >= 11 is 0. The van der Waals surface area contributed by atoms with Crippen LogP contribution in [0.5, 0.6) is 11.5 Å². The summed E-state index contributed by atoms with van der Waals surface area (Å²) < 4.78 is 40.6. The number of carbonyl (C=O) groups excluding carboxylic acids is 1. The molecule has 1 fully saturated rings. The lowest BCUT2D eigenvalue weighted by atomic mass is 9.82. The van der Waals surface area contributed by atoms with Gasteiger partial charge in [-0.15, -0.1) is 0 Å². The van der Waals surface area contributed by atoms with Gasteiger partial charge < -0.3 is 24.6 Å². The molecule has 1 amide bonds. The maximum atomic E-state index is 14.9. The minimum atomic E-state index is -0.736. The summed E-state index contributed by atoms with van der Waals surface area (Å²) in [5.41, 5.74) is 3.10. The van der Waals surface area contributed by atoms with Gasteiger partial charge in [0.25, 0.3) is 5.91 Å². The van der Waals surface area contributed by atoms with Crippen LogP contribution in [0.15, 0.2) is 60.8 Å². The Bertz CT molecular complexity index is 1680. The van der Waals surface area contributed by atoms with Crippen LogP contribution in [0.4, 0.5) is 26.0 Å². The van der Waals surface area contributed by atoms with Crippen LogP contribution in [0, 0.1) is 17.0 Å². The molecule has 0 radical (unpaired) electrons. The topological polar surface area (TPSA) is 79.8 Å². The van der Waals surface area contributed by atoms with Gasteiger partial charge in [-0.05, 0) is 60.7 Å². The second-order valence-corrected chi connectivity index (χ2v) is 12.0. The molecule has 44 heavy (non-hydrogen) atoms. The first-order chi connectivity index (χ1) is 21.2. The molecule has 0 bridgehead atoms. The van der Waals surface area contributed by atoms with Crippen LogP contribution in [0.2, 0.25) is 0 Å². The number of pyridine rings is 2. The zero-order valence-corrected chi connectivity index (χ0v) is 25.3. The van der Waals surface area contributed by atoms with E-state index in [0.717, 1.165) is 37.2 Å². The highest BCUT2D eigenvalue weighted by atomic mass is 19.1. The molecule has 1 saturated heterocycles. The lowest BCUT2D eigenvalue weighted by molar-refractivity contribution is 0.0766. The van der Waals surface area contributed by atoms with E-state index in [4.69, 9.17) is 9.47 Å². The van der Waals surface area contributed by atoms with E-state index in [2.05, 4.69) is 34.0 Å². The number of anilines is 3. The summed E-state index contributed by atoms with van der Waals surface area (Å²) in [7, 11) is 3.13. The van der Waals surface area contributed by atoms with E-state index < -0.39 is 11.6 Å². The number of nitrogens with one attached hydrogen (secondary N) is 1. The fourth-order valence-corrected chi connectivity index (χ4v) is 5.80. The molecule has 0 spiro atoms. The normalized spacial score (nSPS) is 15.7. The summed E-state index contributed by atoms with van der Waals surface area (Å²) in [5, 5.41) is 3.25. The Morgan fingerprint density at radius 3 is 2.36 bits per heavy atom. The number of amides is 1. The molecule has 0 unspecified atom stereocenters. The number of methoxy groups -OCH3 is 2. The molecule has 2 aromatic heterocycles. The Morgan fingerprint density at radius 2 is 1.70 bits per heavy atom. The predicted molar refractivity (Wildman–Crippen MR) is 165 cm³/mol. The molecule has 4 aromatic rings. The number of hydrogen-bond acceptors (Lipinski definition) is 7. The molecule has 0 aliphatic carbocycles. The number of aromatic nitrogens is 2. The monoisotopic (exact) mass is 599 g/mol. The minimum absolute atomic E-state index is 0.0890. The van der Waals surface area contributed by atoms with Crippen LogP contribution >= 0.6 is 0 Å². The van der Waals surface area contributed by atoms with Crippen LogP contribution in [0.25, 0.3) is 11.3 Å². The highest BCUT2D eigenvalue weighted by Crippen LogP contribution is 2.37. The predicted octanol–water partition coefficient (Wildman–Crippen LogP) is 6.97. The number of piperidine rings is 1. The van der Waals surface area contributed by atoms with E-state index in [1.54, 1.807) is 31.3 Å². The molecule has 1 N–H and O–H groups in total. The largest absolute Gasteiger partial charge is 0.497 e. The first-order valence-corrected chi connectivity index (χ1v) is 14.6. The fourth-order valence-electron chi connectivity index (χ4n) is 5.80. The van der Waals surface area contributed by atoms with Crippen LogP contribution in [0.1, 0.15) is 48.3 Å². The van der Waals surface area contributed by atoms with Gasteiger partial charge in [-0.1, -0.05) is 19.9 Å². The van der Waals surface area contributed by atoms with Crippen molar-refractivity contribution in [1.82, 2.24) is 14.9 Å². The number of halogens is 2. The van der Waals surface area contributed by atoms with Crippen molar-refractivity contribution in [3.8, 4) is 22.8 Å². The molecule has 228 valence electrons. The van der Waals surface area contributed by atoms with Gasteiger partial charge in [0.1, 0.15) is 29.0 Å². The average Bonchev–Trinajstić information content (AvgIpc) is 3.32. The molecule has 2 aliphatic rings. The van der Waals surface area contributed by atoms with Crippen molar-refractivity contribution < 1.29 is 23.0 Å². The summed E-state index contributed by atoms with van der Waals surface area (Å²) in [6.45, 7) is 6.89. The van der Waals surface area contributed by atoms with Gasteiger partial charge in [-0.3, -0.25) is 4.79 Å². The van der Waals surface area contributed by atoms with Crippen molar-refractivity contribution in [3.63, 3.8) is 0 Å². The van der Waals surface area contributed by atoms with Gasteiger partial charge in [-0.25, -0.2) is 18.7 Å². The number of benzene rings is 2. The van der Waals surface area contributed by atoms with Crippen LogP contribution in [-0.2, 0) is 13.1 Å². The molecular weight excluding hydrogens is 564 g/mol. The molecule has 0 saturated carbocycles. The van der Waals surface area contributed by atoms with E-state index in [1.807, 2.05) is 24.4 Å². The number of carbonyl (C=O) groups is 1. The Kier molecular flexibility index (Phi) is 7.84.